The van der Waals surface area contributed by atoms with Crippen LogP contribution in [0.5, 0.6) is 0 Å². The van der Waals surface area contributed by atoms with Crippen LogP contribution in [0.4, 0.5) is 11.5 Å². The van der Waals surface area contributed by atoms with Crippen LogP contribution in [0.15, 0.2) is 42.6 Å². The fraction of sp³-hybridized carbons (Fsp3) is 0.478. The van der Waals surface area contributed by atoms with Crippen molar-refractivity contribution in [1.82, 2.24) is 10.3 Å². The molecule has 1 unspecified atom stereocenters. The van der Waals surface area contributed by atoms with Crippen molar-refractivity contribution >= 4 is 17.4 Å². The number of anilines is 2. The molecule has 1 aromatic heterocycles. The molecule has 1 aromatic carbocycles. The Morgan fingerprint density at radius 1 is 1.13 bits per heavy atom. The molecule has 2 aliphatic rings. The maximum Gasteiger partial charge on any atom is 0.251 e. The number of aliphatic hydroxyl groups is 1. The van der Waals surface area contributed by atoms with Crippen LogP contribution < -0.4 is 15.1 Å². The summed E-state index contributed by atoms with van der Waals surface area (Å²) >= 11 is 0. The van der Waals surface area contributed by atoms with Crippen LogP contribution in [0, 0.1) is 0 Å². The molecule has 7 nitrogen and oxygen atoms in total. The third-order valence-corrected chi connectivity index (χ3v) is 5.79. The zero-order valence-electron chi connectivity index (χ0n) is 17.5. The molecule has 0 aliphatic carbocycles. The number of hydrogen-bond acceptors (Lipinski definition) is 6. The second kappa shape index (κ2) is 9.45. The minimum atomic E-state index is -0.188. The summed E-state index contributed by atoms with van der Waals surface area (Å²) < 4.78 is 5.58. The first-order chi connectivity index (χ1) is 14.6. The van der Waals surface area contributed by atoms with Gasteiger partial charge in [-0.15, -0.1) is 0 Å². The monoisotopic (exact) mass is 410 g/mol. The Bertz CT molecular complexity index is 833. The Balaban J connectivity index is 1.29. The number of aromatic nitrogens is 1. The van der Waals surface area contributed by atoms with Gasteiger partial charge in [-0.3, -0.25) is 4.79 Å². The summed E-state index contributed by atoms with van der Waals surface area (Å²) in [6, 6.07) is 11.7. The van der Waals surface area contributed by atoms with E-state index in [-0.39, 0.29) is 18.1 Å². The molecule has 0 spiro atoms. The van der Waals surface area contributed by atoms with Gasteiger partial charge < -0.3 is 25.0 Å². The highest BCUT2D eigenvalue weighted by atomic mass is 16.5. The summed E-state index contributed by atoms with van der Waals surface area (Å²) in [5.41, 5.74) is 2.70. The molecule has 2 N–H and O–H groups in total. The molecule has 0 bridgehead atoms. The number of pyridine rings is 1. The van der Waals surface area contributed by atoms with Crippen molar-refractivity contribution < 1.29 is 14.6 Å². The zero-order chi connectivity index (χ0) is 20.9. The molecule has 30 heavy (non-hydrogen) atoms. The van der Waals surface area contributed by atoms with E-state index < -0.39 is 0 Å². The van der Waals surface area contributed by atoms with E-state index >= 15 is 0 Å². The van der Waals surface area contributed by atoms with E-state index in [4.69, 9.17) is 4.74 Å². The van der Waals surface area contributed by atoms with E-state index in [1.165, 1.54) is 0 Å². The number of benzene rings is 1. The number of carbonyl (C=O) groups is 1. The average Bonchev–Trinajstić information content (AvgIpc) is 2.78. The van der Waals surface area contributed by atoms with E-state index in [9.17, 15) is 9.90 Å². The van der Waals surface area contributed by atoms with Crippen molar-refractivity contribution in [2.75, 3.05) is 42.6 Å². The molecule has 7 heteroatoms. The SMILES string of the molecule is CC1CN(c2ccc(CNC(=O)c3ccc(N4CCC(O)CC4)cc3)cn2)CCO1. The zero-order valence-corrected chi connectivity index (χ0v) is 17.5. The highest BCUT2D eigenvalue weighted by molar-refractivity contribution is 5.94. The summed E-state index contributed by atoms with van der Waals surface area (Å²) in [7, 11) is 0. The molecule has 1 amide bonds. The van der Waals surface area contributed by atoms with Crippen molar-refractivity contribution in [1.29, 1.82) is 0 Å². The number of morpholine rings is 1. The first kappa shape index (κ1) is 20.6. The average molecular weight is 411 g/mol. The molecule has 2 aliphatic heterocycles. The molecular weight excluding hydrogens is 380 g/mol. The van der Waals surface area contributed by atoms with Crippen molar-refractivity contribution in [3.63, 3.8) is 0 Å². The highest BCUT2D eigenvalue weighted by Gasteiger charge is 2.18. The van der Waals surface area contributed by atoms with E-state index in [1.807, 2.05) is 42.6 Å². The first-order valence-electron chi connectivity index (χ1n) is 10.7. The lowest BCUT2D eigenvalue weighted by Gasteiger charge is -2.32. The number of rotatable bonds is 5. The van der Waals surface area contributed by atoms with Gasteiger partial charge >= 0.3 is 0 Å². The third kappa shape index (κ3) is 5.09. The second-order valence-corrected chi connectivity index (χ2v) is 8.10. The van der Waals surface area contributed by atoms with E-state index in [0.717, 1.165) is 62.7 Å². The Morgan fingerprint density at radius 3 is 2.57 bits per heavy atom. The van der Waals surface area contributed by atoms with Gasteiger partial charge in [-0.25, -0.2) is 4.98 Å². The van der Waals surface area contributed by atoms with Gasteiger partial charge in [0, 0.05) is 50.2 Å². The number of aliphatic hydroxyl groups excluding tert-OH is 1. The number of hydrogen-bond donors (Lipinski definition) is 2. The quantitative estimate of drug-likeness (QED) is 0.787. The summed E-state index contributed by atoms with van der Waals surface area (Å²) in [4.78, 5) is 21.5. The number of carbonyl (C=O) groups excluding carboxylic acids is 1. The number of nitrogens with one attached hydrogen (secondary N) is 1. The van der Waals surface area contributed by atoms with Crippen LogP contribution in [0.3, 0.4) is 0 Å². The molecule has 2 saturated heterocycles. The summed E-state index contributed by atoms with van der Waals surface area (Å²) in [5.74, 6) is 0.850. The maximum absolute atomic E-state index is 12.5. The van der Waals surface area contributed by atoms with Crippen LogP contribution in [0.2, 0.25) is 0 Å². The minimum absolute atomic E-state index is 0.0957. The van der Waals surface area contributed by atoms with Crippen LogP contribution in [0.25, 0.3) is 0 Å². The Morgan fingerprint density at radius 2 is 1.90 bits per heavy atom. The van der Waals surface area contributed by atoms with E-state index in [1.54, 1.807) is 0 Å². The number of amides is 1. The Hall–Kier alpha value is -2.64. The van der Waals surface area contributed by atoms with Gasteiger partial charge in [0.05, 0.1) is 18.8 Å². The normalized spacial score (nSPS) is 20.3. The molecule has 2 fully saturated rings. The highest BCUT2D eigenvalue weighted by Crippen LogP contribution is 2.21. The maximum atomic E-state index is 12.5. The molecule has 3 heterocycles. The largest absolute Gasteiger partial charge is 0.393 e. The lowest BCUT2D eigenvalue weighted by molar-refractivity contribution is 0.0529. The van der Waals surface area contributed by atoms with Crippen molar-refractivity contribution in [3.05, 3.63) is 53.7 Å². The van der Waals surface area contributed by atoms with E-state index in [2.05, 4.69) is 27.0 Å². The summed E-state index contributed by atoms with van der Waals surface area (Å²) in [6.07, 6.45) is 3.43. The minimum Gasteiger partial charge on any atom is -0.393 e. The fourth-order valence-corrected chi connectivity index (χ4v) is 3.97. The number of nitrogens with zero attached hydrogens (tertiary/aromatic N) is 3. The molecule has 0 radical (unpaired) electrons. The lowest BCUT2D eigenvalue weighted by Crippen LogP contribution is -2.41. The smallest absolute Gasteiger partial charge is 0.251 e. The van der Waals surface area contributed by atoms with Gasteiger partial charge in [-0.2, -0.15) is 0 Å². The molecule has 2 aromatic rings. The molecule has 4 rings (SSSR count). The van der Waals surface area contributed by atoms with Gasteiger partial charge in [0.15, 0.2) is 0 Å². The molecular formula is C23H30N4O3. The van der Waals surface area contributed by atoms with Crippen molar-refractivity contribution in [2.45, 2.75) is 38.5 Å². The van der Waals surface area contributed by atoms with Crippen LogP contribution in [0.1, 0.15) is 35.7 Å². The van der Waals surface area contributed by atoms with Crippen LogP contribution in [-0.2, 0) is 11.3 Å². The lowest BCUT2D eigenvalue weighted by atomic mass is 10.1. The van der Waals surface area contributed by atoms with Crippen LogP contribution in [-0.4, -0.2) is 61.0 Å². The number of piperidine rings is 1. The van der Waals surface area contributed by atoms with Crippen molar-refractivity contribution in [2.24, 2.45) is 0 Å². The summed E-state index contributed by atoms with van der Waals surface area (Å²) in [6.45, 7) is 6.62. The van der Waals surface area contributed by atoms with E-state index in [0.29, 0.717) is 12.1 Å². The third-order valence-electron chi connectivity index (χ3n) is 5.79. The molecule has 160 valence electrons. The predicted octanol–water partition coefficient (Wildman–Crippen LogP) is 2.20. The predicted molar refractivity (Wildman–Crippen MR) is 117 cm³/mol. The standard InChI is InChI=1S/C23H30N4O3/c1-17-16-27(12-13-30-17)22-7-2-18(14-24-22)15-25-23(29)19-3-5-20(6-4-19)26-10-8-21(28)9-11-26/h2-7,14,17,21,28H,8-13,15-16H2,1H3,(H,25,29). The van der Waals surface area contributed by atoms with Gasteiger partial charge in [0.1, 0.15) is 5.82 Å². The summed E-state index contributed by atoms with van der Waals surface area (Å²) in [5, 5.41) is 12.6. The van der Waals surface area contributed by atoms with Gasteiger partial charge in [0.25, 0.3) is 5.91 Å². The Kier molecular flexibility index (Phi) is 6.50. The van der Waals surface area contributed by atoms with Gasteiger partial charge in [-0.05, 0) is 55.7 Å². The molecule has 0 saturated carbocycles. The fourth-order valence-electron chi connectivity index (χ4n) is 3.97. The van der Waals surface area contributed by atoms with Gasteiger partial charge in [-0.1, -0.05) is 6.07 Å². The van der Waals surface area contributed by atoms with Crippen LogP contribution >= 0.6 is 0 Å². The number of ether oxygens (including phenoxy) is 1. The Labute approximate surface area is 177 Å². The second-order valence-electron chi connectivity index (χ2n) is 8.10. The van der Waals surface area contributed by atoms with Gasteiger partial charge in [0.2, 0.25) is 0 Å². The van der Waals surface area contributed by atoms with Crippen molar-refractivity contribution in [3.8, 4) is 0 Å². The molecule has 1 atom stereocenters. The first-order valence-corrected chi connectivity index (χ1v) is 10.7. The topological polar surface area (TPSA) is 77.9 Å².